The first kappa shape index (κ1) is 18.6. The van der Waals surface area contributed by atoms with E-state index in [1.165, 1.54) is 0 Å². The molecule has 0 saturated heterocycles. The predicted octanol–water partition coefficient (Wildman–Crippen LogP) is 4.18. The number of aromatic nitrogens is 2. The Bertz CT molecular complexity index is 939. The lowest BCUT2D eigenvalue weighted by Gasteiger charge is -2.21. The molecule has 0 unspecified atom stereocenters. The number of hydrogen-bond donors (Lipinski definition) is 1. The van der Waals surface area contributed by atoms with Crippen LogP contribution in [0.5, 0.6) is 0 Å². The topological polar surface area (TPSA) is 58.1 Å². The van der Waals surface area contributed by atoms with Gasteiger partial charge in [0.15, 0.2) is 0 Å². The zero-order valence-electron chi connectivity index (χ0n) is 15.9. The smallest absolute Gasteiger partial charge is 0.270 e. The molecule has 3 rings (SSSR count). The minimum Gasteiger partial charge on any atom is -0.347 e. The summed E-state index contributed by atoms with van der Waals surface area (Å²) in [4.78, 5) is 23.4. The number of nitrogens with one attached hydrogen (secondary N) is 1. The van der Waals surface area contributed by atoms with E-state index in [0.717, 1.165) is 22.4 Å². The molecule has 3 aromatic rings. The van der Waals surface area contributed by atoms with E-state index in [9.17, 15) is 4.79 Å². The van der Waals surface area contributed by atoms with Gasteiger partial charge in [0.2, 0.25) is 5.95 Å². The first-order valence-electron chi connectivity index (χ1n) is 9.08. The summed E-state index contributed by atoms with van der Waals surface area (Å²) in [5, 5.41) is 2.94. The molecule has 0 spiro atoms. The number of amides is 1. The van der Waals surface area contributed by atoms with Gasteiger partial charge < -0.3 is 10.2 Å². The Morgan fingerprint density at radius 3 is 2.63 bits per heavy atom. The molecule has 0 fully saturated rings. The third-order valence-electron chi connectivity index (χ3n) is 4.45. The number of rotatable bonds is 6. The van der Waals surface area contributed by atoms with E-state index < -0.39 is 0 Å². The van der Waals surface area contributed by atoms with Gasteiger partial charge in [0.25, 0.3) is 5.91 Å². The van der Waals surface area contributed by atoms with E-state index in [1.807, 2.05) is 68.1 Å². The highest BCUT2D eigenvalue weighted by Gasteiger charge is 2.14. The minimum absolute atomic E-state index is 0.206. The van der Waals surface area contributed by atoms with Crippen molar-refractivity contribution in [3.63, 3.8) is 0 Å². The van der Waals surface area contributed by atoms with Crippen LogP contribution in [0.3, 0.4) is 0 Å². The lowest BCUT2D eigenvalue weighted by Crippen LogP contribution is -2.26. The number of carbonyl (C=O) groups is 1. The van der Waals surface area contributed by atoms with E-state index >= 15 is 0 Å². The highest BCUT2D eigenvalue weighted by Crippen LogP contribution is 2.22. The number of hydrogen-bond acceptors (Lipinski definition) is 4. The number of benzene rings is 2. The lowest BCUT2D eigenvalue weighted by molar-refractivity contribution is 0.0946. The van der Waals surface area contributed by atoms with Crippen LogP contribution in [0.25, 0.3) is 0 Å². The Hall–Kier alpha value is -3.21. The van der Waals surface area contributed by atoms with E-state index in [4.69, 9.17) is 0 Å². The van der Waals surface area contributed by atoms with Crippen molar-refractivity contribution < 1.29 is 4.79 Å². The molecule has 1 N–H and O–H groups in total. The van der Waals surface area contributed by atoms with Gasteiger partial charge in [0.1, 0.15) is 5.69 Å². The molecule has 27 heavy (non-hydrogen) atoms. The van der Waals surface area contributed by atoms with Gasteiger partial charge in [0.05, 0.1) is 0 Å². The maximum Gasteiger partial charge on any atom is 0.270 e. The minimum atomic E-state index is -0.206. The molecule has 1 aromatic heterocycles. The van der Waals surface area contributed by atoms with Gasteiger partial charge in [-0.25, -0.2) is 9.97 Å². The molecule has 138 valence electrons. The Morgan fingerprint density at radius 1 is 1.07 bits per heavy atom. The summed E-state index contributed by atoms with van der Waals surface area (Å²) in [6.45, 7) is 7.30. The summed E-state index contributed by atoms with van der Waals surface area (Å²) < 4.78 is 0. The molecule has 0 saturated carbocycles. The fourth-order valence-corrected chi connectivity index (χ4v) is 2.91. The second-order valence-electron chi connectivity index (χ2n) is 6.43. The van der Waals surface area contributed by atoms with Crippen LogP contribution in [0.1, 0.15) is 34.1 Å². The van der Waals surface area contributed by atoms with Gasteiger partial charge in [-0.05, 0) is 55.7 Å². The Balaban J connectivity index is 1.78. The second-order valence-corrected chi connectivity index (χ2v) is 6.43. The van der Waals surface area contributed by atoms with Crippen LogP contribution in [0.15, 0.2) is 60.8 Å². The Morgan fingerprint density at radius 2 is 1.89 bits per heavy atom. The molecule has 0 atom stereocenters. The summed E-state index contributed by atoms with van der Waals surface area (Å²) >= 11 is 0. The van der Waals surface area contributed by atoms with Crippen LogP contribution < -0.4 is 10.2 Å². The fourth-order valence-electron chi connectivity index (χ4n) is 2.91. The number of carbonyl (C=O) groups excluding carboxylic acids is 1. The van der Waals surface area contributed by atoms with Crippen LogP contribution in [0.2, 0.25) is 0 Å². The first-order valence-corrected chi connectivity index (χ1v) is 9.08. The third kappa shape index (κ3) is 4.50. The van der Waals surface area contributed by atoms with E-state index in [2.05, 4.69) is 21.4 Å². The number of aryl methyl sites for hydroxylation is 2. The van der Waals surface area contributed by atoms with Gasteiger partial charge in [-0.1, -0.05) is 36.4 Å². The van der Waals surface area contributed by atoms with Crippen molar-refractivity contribution in [2.24, 2.45) is 0 Å². The maximum absolute atomic E-state index is 12.6. The number of anilines is 2. The number of nitrogens with zero attached hydrogens (tertiary/aromatic N) is 3. The second kappa shape index (κ2) is 8.45. The SMILES string of the molecule is CCN(c1cccc(C)c1)c1nccc(C(=O)NCc2ccccc2C)n1. The average molecular weight is 360 g/mol. The average Bonchev–Trinajstić information content (AvgIpc) is 2.68. The molecule has 0 aliphatic heterocycles. The summed E-state index contributed by atoms with van der Waals surface area (Å²) in [5.74, 6) is 0.314. The summed E-state index contributed by atoms with van der Waals surface area (Å²) in [7, 11) is 0. The van der Waals surface area contributed by atoms with Crippen LogP contribution in [-0.4, -0.2) is 22.4 Å². The lowest BCUT2D eigenvalue weighted by atomic mass is 10.1. The van der Waals surface area contributed by atoms with E-state index in [0.29, 0.717) is 24.7 Å². The van der Waals surface area contributed by atoms with Crippen LogP contribution in [0.4, 0.5) is 11.6 Å². The zero-order chi connectivity index (χ0) is 19.2. The van der Waals surface area contributed by atoms with Crippen LogP contribution >= 0.6 is 0 Å². The molecule has 1 amide bonds. The molecule has 0 bridgehead atoms. The highest BCUT2D eigenvalue weighted by molar-refractivity contribution is 5.92. The molecule has 5 nitrogen and oxygen atoms in total. The Labute approximate surface area is 160 Å². The van der Waals surface area contributed by atoms with Gasteiger partial charge in [-0.2, -0.15) is 0 Å². The van der Waals surface area contributed by atoms with Crippen molar-refractivity contribution in [2.45, 2.75) is 27.3 Å². The zero-order valence-corrected chi connectivity index (χ0v) is 15.9. The molecule has 1 heterocycles. The van der Waals surface area contributed by atoms with Crippen molar-refractivity contribution >= 4 is 17.5 Å². The van der Waals surface area contributed by atoms with Crippen LogP contribution in [0, 0.1) is 13.8 Å². The molecule has 5 heteroatoms. The highest BCUT2D eigenvalue weighted by atomic mass is 16.1. The van der Waals surface area contributed by atoms with Gasteiger partial charge in [0, 0.05) is 25.0 Å². The van der Waals surface area contributed by atoms with Crippen molar-refractivity contribution in [3.05, 3.63) is 83.2 Å². The summed E-state index contributed by atoms with van der Waals surface area (Å²) in [5.41, 5.74) is 4.78. The quantitative estimate of drug-likeness (QED) is 0.716. The van der Waals surface area contributed by atoms with Crippen molar-refractivity contribution in [3.8, 4) is 0 Å². The van der Waals surface area contributed by atoms with Crippen molar-refractivity contribution in [1.82, 2.24) is 15.3 Å². The predicted molar refractivity (Wildman–Crippen MR) is 108 cm³/mol. The first-order chi connectivity index (χ1) is 13.1. The standard InChI is InChI=1S/C22H24N4O/c1-4-26(19-11-7-8-16(2)14-19)22-23-13-12-20(25-22)21(27)24-15-18-10-6-5-9-17(18)3/h5-14H,4,15H2,1-3H3,(H,24,27). The molecule has 0 aliphatic rings. The summed E-state index contributed by atoms with van der Waals surface area (Å²) in [6.07, 6.45) is 1.63. The maximum atomic E-state index is 12.6. The molecule has 2 aromatic carbocycles. The molecular formula is C22H24N4O. The molecular weight excluding hydrogens is 336 g/mol. The van der Waals surface area contributed by atoms with Gasteiger partial charge in [-0.15, -0.1) is 0 Å². The third-order valence-corrected chi connectivity index (χ3v) is 4.45. The molecule has 0 aliphatic carbocycles. The molecule has 0 radical (unpaired) electrons. The fraction of sp³-hybridized carbons (Fsp3) is 0.227. The van der Waals surface area contributed by atoms with Crippen LogP contribution in [-0.2, 0) is 6.54 Å². The van der Waals surface area contributed by atoms with Gasteiger partial charge in [-0.3, -0.25) is 4.79 Å². The Kier molecular flexibility index (Phi) is 5.81. The van der Waals surface area contributed by atoms with E-state index in [1.54, 1.807) is 12.3 Å². The largest absolute Gasteiger partial charge is 0.347 e. The normalized spacial score (nSPS) is 10.5. The van der Waals surface area contributed by atoms with Gasteiger partial charge >= 0.3 is 0 Å². The monoisotopic (exact) mass is 360 g/mol. The van der Waals surface area contributed by atoms with Crippen molar-refractivity contribution in [1.29, 1.82) is 0 Å². The van der Waals surface area contributed by atoms with E-state index in [-0.39, 0.29) is 5.91 Å². The summed E-state index contributed by atoms with van der Waals surface area (Å²) in [6, 6.07) is 17.8. The van der Waals surface area contributed by atoms with Crippen molar-refractivity contribution in [2.75, 3.05) is 11.4 Å².